The molecule has 0 fully saturated rings. The van der Waals surface area contributed by atoms with Crippen molar-refractivity contribution in [3.05, 3.63) is 42.2 Å². The Morgan fingerprint density at radius 1 is 1.47 bits per heavy atom. The second-order valence-electron chi connectivity index (χ2n) is 3.23. The predicted octanol–water partition coefficient (Wildman–Crippen LogP) is 1.46. The molecule has 1 N–H and O–H groups in total. The monoisotopic (exact) mass is 207 g/mol. The standard InChI is InChI=1S/C10H10FN3O/c1-7(15)8-2-3-10(9(11)4-8)14-6-12-5-13-14/h2-7,15H,1H3/t7-/m1/s1. The second-order valence-corrected chi connectivity index (χ2v) is 3.23. The molecule has 15 heavy (non-hydrogen) atoms. The quantitative estimate of drug-likeness (QED) is 0.811. The Bertz CT molecular complexity index is 454. The topological polar surface area (TPSA) is 50.9 Å². The molecular formula is C10H10FN3O. The summed E-state index contributed by atoms with van der Waals surface area (Å²) in [7, 11) is 0. The van der Waals surface area contributed by atoms with Crippen LogP contribution >= 0.6 is 0 Å². The summed E-state index contributed by atoms with van der Waals surface area (Å²) in [5, 5.41) is 13.1. The van der Waals surface area contributed by atoms with Gasteiger partial charge in [0.05, 0.1) is 6.10 Å². The van der Waals surface area contributed by atoms with Crippen LogP contribution in [0.1, 0.15) is 18.6 Å². The van der Waals surface area contributed by atoms with Gasteiger partial charge in [-0.1, -0.05) is 6.07 Å². The minimum atomic E-state index is -0.677. The molecule has 1 aromatic heterocycles. The Hall–Kier alpha value is -1.75. The fraction of sp³-hybridized carbons (Fsp3) is 0.200. The summed E-state index contributed by atoms with van der Waals surface area (Å²) < 4.78 is 14.9. The van der Waals surface area contributed by atoms with Gasteiger partial charge in [0.2, 0.25) is 0 Å². The lowest BCUT2D eigenvalue weighted by Gasteiger charge is -2.07. The van der Waals surface area contributed by atoms with Crippen molar-refractivity contribution in [2.24, 2.45) is 0 Å². The summed E-state index contributed by atoms with van der Waals surface area (Å²) in [5.74, 6) is -0.432. The molecule has 0 saturated heterocycles. The maximum atomic E-state index is 13.6. The van der Waals surface area contributed by atoms with E-state index in [4.69, 9.17) is 0 Å². The van der Waals surface area contributed by atoms with E-state index in [0.29, 0.717) is 11.3 Å². The number of hydrogen-bond donors (Lipinski definition) is 1. The van der Waals surface area contributed by atoms with Crippen molar-refractivity contribution in [2.45, 2.75) is 13.0 Å². The molecule has 0 spiro atoms. The number of hydrogen-bond acceptors (Lipinski definition) is 3. The Labute approximate surface area is 86.0 Å². The van der Waals surface area contributed by atoms with Gasteiger partial charge in [-0.2, -0.15) is 5.10 Å². The summed E-state index contributed by atoms with van der Waals surface area (Å²) >= 11 is 0. The predicted molar refractivity (Wildman–Crippen MR) is 52.0 cm³/mol. The van der Waals surface area contributed by atoms with Gasteiger partial charge in [0.25, 0.3) is 0 Å². The molecule has 5 heteroatoms. The molecule has 0 bridgehead atoms. The molecule has 0 saturated carbocycles. The average molecular weight is 207 g/mol. The van der Waals surface area contributed by atoms with Gasteiger partial charge in [-0.3, -0.25) is 0 Å². The average Bonchev–Trinajstić information content (AvgIpc) is 2.70. The zero-order chi connectivity index (χ0) is 10.8. The zero-order valence-corrected chi connectivity index (χ0v) is 8.13. The number of nitrogens with zero attached hydrogens (tertiary/aromatic N) is 3. The first-order valence-corrected chi connectivity index (χ1v) is 4.51. The van der Waals surface area contributed by atoms with Crippen LogP contribution in [0.2, 0.25) is 0 Å². The molecule has 2 rings (SSSR count). The number of rotatable bonds is 2. The maximum Gasteiger partial charge on any atom is 0.149 e. The Morgan fingerprint density at radius 2 is 2.27 bits per heavy atom. The van der Waals surface area contributed by atoms with Gasteiger partial charge in [-0.15, -0.1) is 0 Å². The van der Waals surface area contributed by atoms with Gasteiger partial charge in [-0.05, 0) is 24.6 Å². The maximum absolute atomic E-state index is 13.6. The highest BCUT2D eigenvalue weighted by atomic mass is 19.1. The van der Waals surface area contributed by atoms with Crippen molar-refractivity contribution in [3.63, 3.8) is 0 Å². The van der Waals surface area contributed by atoms with E-state index in [1.165, 1.54) is 23.4 Å². The van der Waals surface area contributed by atoms with Crippen molar-refractivity contribution in [1.82, 2.24) is 14.8 Å². The fourth-order valence-corrected chi connectivity index (χ4v) is 1.30. The van der Waals surface area contributed by atoms with Gasteiger partial charge < -0.3 is 5.11 Å². The normalized spacial score (nSPS) is 12.7. The third-order valence-electron chi connectivity index (χ3n) is 2.12. The highest BCUT2D eigenvalue weighted by Gasteiger charge is 2.08. The summed E-state index contributed by atoms with van der Waals surface area (Å²) in [6.07, 6.45) is 2.08. The number of benzene rings is 1. The zero-order valence-electron chi connectivity index (χ0n) is 8.13. The Kier molecular flexibility index (Phi) is 2.47. The van der Waals surface area contributed by atoms with Crippen LogP contribution in [0, 0.1) is 5.82 Å². The van der Waals surface area contributed by atoms with Crippen LogP contribution in [0.25, 0.3) is 5.69 Å². The van der Waals surface area contributed by atoms with Crippen LogP contribution in [0.5, 0.6) is 0 Å². The van der Waals surface area contributed by atoms with Crippen molar-refractivity contribution in [1.29, 1.82) is 0 Å². The summed E-state index contributed by atoms with van der Waals surface area (Å²) in [5.41, 5.74) is 0.855. The van der Waals surface area contributed by atoms with Crippen molar-refractivity contribution < 1.29 is 9.50 Å². The van der Waals surface area contributed by atoms with Gasteiger partial charge in [0, 0.05) is 0 Å². The minimum Gasteiger partial charge on any atom is -0.389 e. The van der Waals surface area contributed by atoms with Crippen LogP contribution in [0.4, 0.5) is 4.39 Å². The second kappa shape index (κ2) is 3.78. The highest BCUT2D eigenvalue weighted by Crippen LogP contribution is 2.18. The molecule has 0 aliphatic carbocycles. The molecule has 78 valence electrons. The van der Waals surface area contributed by atoms with E-state index in [2.05, 4.69) is 10.1 Å². The van der Waals surface area contributed by atoms with Gasteiger partial charge in [0.15, 0.2) is 0 Å². The lowest BCUT2D eigenvalue weighted by atomic mass is 10.1. The lowest BCUT2D eigenvalue weighted by molar-refractivity contribution is 0.199. The molecule has 0 radical (unpaired) electrons. The van der Waals surface area contributed by atoms with E-state index in [1.807, 2.05) is 0 Å². The van der Waals surface area contributed by atoms with Crippen LogP contribution in [-0.4, -0.2) is 19.9 Å². The SMILES string of the molecule is C[C@@H](O)c1ccc(-n2cncn2)c(F)c1. The smallest absolute Gasteiger partial charge is 0.149 e. The first-order valence-electron chi connectivity index (χ1n) is 4.51. The summed E-state index contributed by atoms with van der Waals surface area (Å²) in [6, 6.07) is 4.51. The Morgan fingerprint density at radius 3 is 2.80 bits per heavy atom. The molecule has 2 aromatic rings. The Balaban J connectivity index is 2.44. The summed E-state index contributed by atoms with van der Waals surface area (Å²) in [4.78, 5) is 3.73. The largest absolute Gasteiger partial charge is 0.389 e. The number of aliphatic hydroxyl groups is 1. The molecule has 1 aromatic carbocycles. The molecule has 0 amide bonds. The van der Waals surface area contributed by atoms with Gasteiger partial charge in [-0.25, -0.2) is 14.1 Å². The number of aliphatic hydroxyl groups excluding tert-OH is 1. The van der Waals surface area contributed by atoms with E-state index >= 15 is 0 Å². The van der Waals surface area contributed by atoms with E-state index < -0.39 is 11.9 Å². The first-order chi connectivity index (χ1) is 7.18. The number of aromatic nitrogens is 3. The van der Waals surface area contributed by atoms with Crippen molar-refractivity contribution in [3.8, 4) is 5.69 Å². The van der Waals surface area contributed by atoms with Gasteiger partial charge in [0.1, 0.15) is 24.2 Å². The molecule has 0 unspecified atom stereocenters. The number of halogens is 1. The molecule has 0 aliphatic rings. The molecular weight excluding hydrogens is 197 g/mol. The minimum absolute atomic E-state index is 0.317. The fourth-order valence-electron chi connectivity index (χ4n) is 1.30. The van der Waals surface area contributed by atoms with Crippen LogP contribution in [0.3, 0.4) is 0 Å². The molecule has 0 aliphatic heterocycles. The molecule has 4 nitrogen and oxygen atoms in total. The van der Waals surface area contributed by atoms with Crippen LogP contribution < -0.4 is 0 Å². The van der Waals surface area contributed by atoms with Gasteiger partial charge >= 0.3 is 0 Å². The summed E-state index contributed by atoms with van der Waals surface area (Å²) in [6.45, 7) is 1.59. The van der Waals surface area contributed by atoms with E-state index in [-0.39, 0.29) is 0 Å². The molecule has 1 heterocycles. The lowest BCUT2D eigenvalue weighted by Crippen LogP contribution is -2.00. The van der Waals surface area contributed by atoms with Crippen LogP contribution in [0.15, 0.2) is 30.9 Å². The van der Waals surface area contributed by atoms with E-state index in [1.54, 1.807) is 19.1 Å². The molecule has 1 atom stereocenters. The van der Waals surface area contributed by atoms with E-state index in [9.17, 15) is 9.50 Å². The van der Waals surface area contributed by atoms with Crippen molar-refractivity contribution in [2.75, 3.05) is 0 Å². The van der Waals surface area contributed by atoms with E-state index in [0.717, 1.165) is 0 Å². The van der Waals surface area contributed by atoms with Crippen molar-refractivity contribution >= 4 is 0 Å². The van der Waals surface area contributed by atoms with Crippen LogP contribution in [-0.2, 0) is 0 Å². The highest BCUT2D eigenvalue weighted by molar-refractivity contribution is 5.35. The third-order valence-corrected chi connectivity index (χ3v) is 2.12. The first kappa shape index (κ1) is 9.79. The third kappa shape index (κ3) is 1.87.